The van der Waals surface area contributed by atoms with Crippen LogP contribution in [-0.4, -0.2) is 42.6 Å². The van der Waals surface area contributed by atoms with Crippen molar-refractivity contribution in [1.29, 1.82) is 0 Å². The minimum atomic E-state index is -3.68. The molecule has 0 bridgehead atoms. The topological polar surface area (TPSA) is 77.8 Å². The third-order valence-electron chi connectivity index (χ3n) is 2.81. The second kappa shape index (κ2) is 6.81. The Morgan fingerprint density at radius 2 is 2.05 bits per heavy atom. The van der Waals surface area contributed by atoms with Gasteiger partial charge in [-0.3, -0.25) is 0 Å². The lowest BCUT2D eigenvalue weighted by Gasteiger charge is -2.20. The van der Waals surface area contributed by atoms with Gasteiger partial charge in [0.25, 0.3) is 0 Å². The van der Waals surface area contributed by atoms with E-state index in [-0.39, 0.29) is 31.2 Å². The molecule has 0 fully saturated rings. The van der Waals surface area contributed by atoms with Crippen molar-refractivity contribution < 1.29 is 18.6 Å². The molecule has 0 saturated carbocycles. The van der Waals surface area contributed by atoms with E-state index in [1.54, 1.807) is 13.0 Å². The number of hydrogen-bond acceptors (Lipinski definition) is 4. The van der Waals surface area contributed by atoms with Crippen LogP contribution in [0.2, 0.25) is 0 Å². The second-order valence-electron chi connectivity index (χ2n) is 4.12. The van der Waals surface area contributed by atoms with Gasteiger partial charge in [0.15, 0.2) is 0 Å². The maximum absolute atomic E-state index is 12.4. The van der Waals surface area contributed by atoms with Gasteiger partial charge in [-0.2, -0.15) is 4.31 Å². The first kappa shape index (κ1) is 15.8. The third kappa shape index (κ3) is 3.63. The van der Waals surface area contributed by atoms with Gasteiger partial charge in [-0.1, -0.05) is 12.1 Å². The zero-order valence-electron chi connectivity index (χ0n) is 10.9. The van der Waals surface area contributed by atoms with Crippen LogP contribution in [0.15, 0.2) is 35.7 Å². The second-order valence-corrected chi connectivity index (χ2v) is 6.06. The Hall–Kier alpha value is -1.21. The molecule has 0 unspecified atom stereocenters. The van der Waals surface area contributed by atoms with Crippen LogP contribution in [-0.2, 0) is 16.6 Å². The summed E-state index contributed by atoms with van der Waals surface area (Å²) in [7, 11) is -3.68. The van der Waals surface area contributed by atoms with E-state index in [2.05, 4.69) is 6.58 Å². The Morgan fingerprint density at radius 1 is 1.37 bits per heavy atom. The summed E-state index contributed by atoms with van der Waals surface area (Å²) in [4.78, 5) is 0.109. The molecule has 1 rings (SSSR count). The average molecular weight is 285 g/mol. The van der Waals surface area contributed by atoms with E-state index in [1.165, 1.54) is 18.2 Å². The van der Waals surface area contributed by atoms with Gasteiger partial charge >= 0.3 is 0 Å². The predicted octanol–water partition coefficient (Wildman–Crippen LogP) is 0.656. The molecule has 19 heavy (non-hydrogen) atoms. The first-order valence-corrected chi connectivity index (χ1v) is 7.33. The maximum atomic E-state index is 12.4. The Labute approximate surface area is 113 Å². The van der Waals surface area contributed by atoms with E-state index in [0.29, 0.717) is 5.56 Å². The molecule has 0 saturated heterocycles. The van der Waals surface area contributed by atoms with Gasteiger partial charge in [-0.25, -0.2) is 8.42 Å². The van der Waals surface area contributed by atoms with Gasteiger partial charge in [0.05, 0.1) is 18.1 Å². The van der Waals surface area contributed by atoms with Crippen LogP contribution in [0.4, 0.5) is 0 Å². The number of sulfonamides is 1. The summed E-state index contributed by atoms with van der Waals surface area (Å²) in [6, 6.07) is 4.61. The molecule has 0 heterocycles. The molecule has 1 aromatic rings. The molecule has 0 atom stereocenters. The van der Waals surface area contributed by atoms with E-state index in [4.69, 9.17) is 5.11 Å². The lowest BCUT2D eigenvalue weighted by molar-refractivity contribution is 0.260. The Balaban J connectivity index is 3.20. The van der Waals surface area contributed by atoms with Crippen LogP contribution in [0, 0.1) is 6.92 Å². The molecule has 1 aromatic carbocycles. The van der Waals surface area contributed by atoms with Crippen molar-refractivity contribution in [2.24, 2.45) is 0 Å². The Morgan fingerprint density at radius 3 is 2.58 bits per heavy atom. The van der Waals surface area contributed by atoms with E-state index < -0.39 is 10.0 Å². The molecule has 5 nitrogen and oxygen atoms in total. The SMILES string of the molecule is C=CCN(CCO)S(=O)(=O)c1ccc(C)c(CO)c1. The van der Waals surface area contributed by atoms with E-state index in [1.807, 2.05) is 0 Å². The smallest absolute Gasteiger partial charge is 0.243 e. The Bertz CT molecular complexity index is 540. The zero-order chi connectivity index (χ0) is 14.5. The molecule has 0 amide bonds. The van der Waals surface area contributed by atoms with Crippen molar-refractivity contribution in [2.45, 2.75) is 18.4 Å². The fourth-order valence-electron chi connectivity index (χ4n) is 1.69. The highest BCUT2D eigenvalue weighted by atomic mass is 32.2. The number of aliphatic hydroxyl groups is 2. The average Bonchev–Trinajstić information content (AvgIpc) is 2.38. The quantitative estimate of drug-likeness (QED) is 0.721. The normalized spacial score (nSPS) is 11.8. The highest BCUT2D eigenvalue weighted by Crippen LogP contribution is 2.19. The molecule has 0 aliphatic heterocycles. The van der Waals surface area contributed by atoms with E-state index in [0.717, 1.165) is 9.87 Å². The van der Waals surface area contributed by atoms with Crippen molar-refractivity contribution in [2.75, 3.05) is 19.7 Å². The largest absolute Gasteiger partial charge is 0.395 e. The first-order chi connectivity index (χ1) is 8.97. The molecule has 6 heteroatoms. The summed E-state index contributed by atoms with van der Waals surface area (Å²) in [5.74, 6) is 0. The van der Waals surface area contributed by atoms with Gasteiger partial charge in [0.2, 0.25) is 10.0 Å². The van der Waals surface area contributed by atoms with Crippen LogP contribution in [0.3, 0.4) is 0 Å². The summed E-state index contributed by atoms with van der Waals surface area (Å²) in [5.41, 5.74) is 1.41. The number of rotatable bonds is 7. The summed E-state index contributed by atoms with van der Waals surface area (Å²) in [6.07, 6.45) is 1.47. The molecule has 2 N–H and O–H groups in total. The van der Waals surface area contributed by atoms with Crippen molar-refractivity contribution in [3.63, 3.8) is 0 Å². The minimum Gasteiger partial charge on any atom is -0.395 e. The number of aryl methyl sites for hydroxylation is 1. The van der Waals surface area contributed by atoms with E-state index >= 15 is 0 Å². The van der Waals surface area contributed by atoms with Gasteiger partial charge in [0.1, 0.15) is 0 Å². The van der Waals surface area contributed by atoms with Crippen molar-refractivity contribution >= 4 is 10.0 Å². The first-order valence-electron chi connectivity index (χ1n) is 5.89. The van der Waals surface area contributed by atoms with Crippen molar-refractivity contribution in [3.8, 4) is 0 Å². The zero-order valence-corrected chi connectivity index (χ0v) is 11.7. The summed E-state index contributed by atoms with van der Waals surface area (Å²) in [5, 5.41) is 18.1. The van der Waals surface area contributed by atoms with Crippen LogP contribution in [0.5, 0.6) is 0 Å². The highest BCUT2D eigenvalue weighted by molar-refractivity contribution is 7.89. The summed E-state index contributed by atoms with van der Waals surface area (Å²) < 4.78 is 25.9. The molecule has 0 spiro atoms. The number of aliphatic hydroxyl groups excluding tert-OH is 2. The van der Waals surface area contributed by atoms with Crippen LogP contribution >= 0.6 is 0 Å². The molecular weight excluding hydrogens is 266 g/mol. The lowest BCUT2D eigenvalue weighted by atomic mass is 10.1. The Kier molecular flexibility index (Phi) is 5.68. The standard InChI is InChI=1S/C13H19NO4S/c1-3-6-14(7-8-15)19(17,18)13-5-4-11(2)12(9-13)10-16/h3-5,9,15-16H,1,6-8,10H2,2H3. The van der Waals surface area contributed by atoms with E-state index in [9.17, 15) is 13.5 Å². The molecule has 106 valence electrons. The van der Waals surface area contributed by atoms with Crippen molar-refractivity contribution in [1.82, 2.24) is 4.31 Å². The van der Waals surface area contributed by atoms with Gasteiger partial charge in [-0.15, -0.1) is 6.58 Å². The third-order valence-corrected chi connectivity index (χ3v) is 4.67. The predicted molar refractivity (Wildman–Crippen MR) is 73.1 cm³/mol. The lowest BCUT2D eigenvalue weighted by Crippen LogP contribution is -2.33. The fraction of sp³-hybridized carbons (Fsp3) is 0.385. The van der Waals surface area contributed by atoms with Crippen LogP contribution in [0.25, 0.3) is 0 Å². The number of benzene rings is 1. The summed E-state index contributed by atoms with van der Waals surface area (Å²) >= 11 is 0. The van der Waals surface area contributed by atoms with Gasteiger partial charge in [0, 0.05) is 13.1 Å². The maximum Gasteiger partial charge on any atom is 0.243 e. The molecule has 0 aliphatic carbocycles. The molecular formula is C13H19NO4S. The highest BCUT2D eigenvalue weighted by Gasteiger charge is 2.23. The van der Waals surface area contributed by atoms with Gasteiger partial charge in [-0.05, 0) is 30.2 Å². The number of hydrogen-bond donors (Lipinski definition) is 2. The summed E-state index contributed by atoms with van der Waals surface area (Å²) in [6.45, 7) is 4.98. The van der Waals surface area contributed by atoms with Crippen LogP contribution < -0.4 is 0 Å². The fourth-order valence-corrected chi connectivity index (χ4v) is 3.15. The monoisotopic (exact) mass is 285 g/mol. The van der Waals surface area contributed by atoms with Crippen LogP contribution in [0.1, 0.15) is 11.1 Å². The van der Waals surface area contributed by atoms with Crippen molar-refractivity contribution in [3.05, 3.63) is 42.0 Å². The minimum absolute atomic E-state index is 0.0106. The molecule has 0 aromatic heterocycles. The number of nitrogens with zero attached hydrogens (tertiary/aromatic N) is 1. The molecule has 0 aliphatic rings. The van der Waals surface area contributed by atoms with Gasteiger partial charge < -0.3 is 10.2 Å². The molecule has 0 radical (unpaired) electrons.